The summed E-state index contributed by atoms with van der Waals surface area (Å²) in [6, 6.07) is 1.34. The largest absolute Gasteiger partial charge is 0.385 e. The minimum absolute atomic E-state index is 0.659. The van der Waals surface area contributed by atoms with Gasteiger partial charge in [-0.05, 0) is 51.1 Å². The third-order valence-electron chi connectivity index (χ3n) is 4.45. The molecule has 4 atom stereocenters. The number of rotatable bonds is 8. The van der Waals surface area contributed by atoms with Crippen molar-refractivity contribution < 1.29 is 4.74 Å². The van der Waals surface area contributed by atoms with E-state index >= 15 is 0 Å². The van der Waals surface area contributed by atoms with Crippen LogP contribution < -0.4 is 5.32 Å². The number of ether oxygens (including phenoxy) is 1. The molecule has 0 spiro atoms. The lowest BCUT2D eigenvalue weighted by atomic mass is 9.76. The molecule has 0 aromatic carbocycles. The quantitative estimate of drug-likeness (QED) is 0.686. The van der Waals surface area contributed by atoms with Crippen molar-refractivity contribution in [1.82, 2.24) is 10.2 Å². The van der Waals surface area contributed by atoms with E-state index in [4.69, 9.17) is 4.74 Å². The highest BCUT2D eigenvalue weighted by atomic mass is 16.5. The summed E-state index contributed by atoms with van der Waals surface area (Å²) in [5.74, 6) is 1.64. The van der Waals surface area contributed by atoms with E-state index in [0.717, 1.165) is 38.0 Å². The predicted molar refractivity (Wildman–Crippen MR) is 82.6 cm³/mol. The molecule has 1 aliphatic rings. The zero-order chi connectivity index (χ0) is 14.3. The molecular formula is C16H34N2O. The number of nitrogens with one attached hydrogen (secondary N) is 1. The summed E-state index contributed by atoms with van der Waals surface area (Å²) in [6.07, 6.45) is 5.04. The Bertz CT molecular complexity index is 235. The molecule has 4 unspecified atom stereocenters. The lowest BCUT2D eigenvalue weighted by molar-refractivity contribution is 0.0725. The van der Waals surface area contributed by atoms with Crippen LogP contribution in [0.5, 0.6) is 0 Å². The molecular weight excluding hydrogens is 236 g/mol. The van der Waals surface area contributed by atoms with Gasteiger partial charge in [-0.3, -0.25) is 0 Å². The Hall–Kier alpha value is -0.120. The summed E-state index contributed by atoms with van der Waals surface area (Å²) in [4.78, 5) is 2.56. The number of hydrogen-bond donors (Lipinski definition) is 1. The SMILES string of the molecule is CCCNC1CC(C)CC(C)C1N(C)CCCOC. The second-order valence-corrected chi connectivity index (χ2v) is 6.43. The molecule has 0 radical (unpaired) electrons. The van der Waals surface area contributed by atoms with Crippen LogP contribution in [0, 0.1) is 11.8 Å². The van der Waals surface area contributed by atoms with Gasteiger partial charge in [0.05, 0.1) is 0 Å². The summed E-state index contributed by atoms with van der Waals surface area (Å²) in [7, 11) is 4.07. The fraction of sp³-hybridized carbons (Fsp3) is 1.00. The van der Waals surface area contributed by atoms with Crippen molar-refractivity contribution in [3.8, 4) is 0 Å². The molecule has 1 aliphatic carbocycles. The monoisotopic (exact) mass is 270 g/mol. The highest BCUT2D eigenvalue weighted by molar-refractivity contribution is 4.93. The van der Waals surface area contributed by atoms with Crippen LogP contribution in [0.3, 0.4) is 0 Å². The van der Waals surface area contributed by atoms with Gasteiger partial charge in [-0.25, -0.2) is 0 Å². The van der Waals surface area contributed by atoms with E-state index in [0.29, 0.717) is 12.1 Å². The normalized spacial score (nSPS) is 31.9. The van der Waals surface area contributed by atoms with E-state index < -0.39 is 0 Å². The fourth-order valence-corrected chi connectivity index (χ4v) is 3.72. The molecule has 0 aliphatic heterocycles. The molecule has 1 fully saturated rings. The Kier molecular flexibility index (Phi) is 7.96. The topological polar surface area (TPSA) is 24.5 Å². The first-order valence-electron chi connectivity index (χ1n) is 8.02. The van der Waals surface area contributed by atoms with Gasteiger partial charge in [0.25, 0.3) is 0 Å². The highest BCUT2D eigenvalue weighted by Gasteiger charge is 2.35. The van der Waals surface area contributed by atoms with Gasteiger partial charge < -0.3 is 15.0 Å². The molecule has 0 aromatic heterocycles. The van der Waals surface area contributed by atoms with Gasteiger partial charge in [-0.1, -0.05) is 20.8 Å². The van der Waals surface area contributed by atoms with Gasteiger partial charge in [0.1, 0.15) is 0 Å². The molecule has 3 heteroatoms. The van der Waals surface area contributed by atoms with Crippen molar-refractivity contribution in [2.24, 2.45) is 11.8 Å². The average Bonchev–Trinajstić information content (AvgIpc) is 2.35. The molecule has 1 rings (SSSR count). The average molecular weight is 270 g/mol. The van der Waals surface area contributed by atoms with Crippen molar-refractivity contribution >= 4 is 0 Å². The first-order chi connectivity index (χ1) is 9.10. The van der Waals surface area contributed by atoms with E-state index in [-0.39, 0.29) is 0 Å². The third kappa shape index (κ3) is 5.41. The Morgan fingerprint density at radius 2 is 2.00 bits per heavy atom. The minimum Gasteiger partial charge on any atom is -0.385 e. The third-order valence-corrected chi connectivity index (χ3v) is 4.45. The molecule has 114 valence electrons. The molecule has 1 saturated carbocycles. The Labute approximate surface area is 120 Å². The maximum atomic E-state index is 5.17. The van der Waals surface area contributed by atoms with Crippen LogP contribution in [0.1, 0.15) is 46.5 Å². The Morgan fingerprint density at radius 1 is 1.26 bits per heavy atom. The van der Waals surface area contributed by atoms with Crippen LogP contribution in [0.2, 0.25) is 0 Å². The van der Waals surface area contributed by atoms with Crippen LogP contribution in [0.25, 0.3) is 0 Å². The van der Waals surface area contributed by atoms with Gasteiger partial charge in [-0.15, -0.1) is 0 Å². The van der Waals surface area contributed by atoms with Crippen LogP contribution >= 0.6 is 0 Å². The number of likely N-dealkylation sites (N-methyl/N-ethyl adjacent to an activating group) is 1. The maximum Gasteiger partial charge on any atom is 0.0474 e. The number of methoxy groups -OCH3 is 1. The summed E-state index contributed by atoms with van der Waals surface area (Å²) >= 11 is 0. The number of nitrogens with zero attached hydrogens (tertiary/aromatic N) is 1. The van der Waals surface area contributed by atoms with Crippen LogP contribution in [-0.2, 0) is 4.74 Å². The molecule has 19 heavy (non-hydrogen) atoms. The van der Waals surface area contributed by atoms with E-state index in [9.17, 15) is 0 Å². The van der Waals surface area contributed by atoms with Crippen molar-refractivity contribution in [2.45, 2.75) is 58.5 Å². The molecule has 3 nitrogen and oxygen atoms in total. The smallest absolute Gasteiger partial charge is 0.0474 e. The molecule has 0 aromatic rings. The van der Waals surface area contributed by atoms with Crippen LogP contribution in [-0.4, -0.2) is 50.8 Å². The van der Waals surface area contributed by atoms with Crippen molar-refractivity contribution in [2.75, 3.05) is 33.9 Å². The van der Waals surface area contributed by atoms with Gasteiger partial charge in [0.15, 0.2) is 0 Å². The molecule has 0 heterocycles. The second kappa shape index (κ2) is 8.93. The van der Waals surface area contributed by atoms with Crippen molar-refractivity contribution in [1.29, 1.82) is 0 Å². The first kappa shape index (κ1) is 16.9. The van der Waals surface area contributed by atoms with Gasteiger partial charge in [0, 0.05) is 32.3 Å². The molecule has 0 saturated heterocycles. The molecule has 0 bridgehead atoms. The summed E-state index contributed by atoms with van der Waals surface area (Å²) in [5.41, 5.74) is 0. The summed E-state index contributed by atoms with van der Waals surface area (Å²) < 4.78 is 5.17. The minimum atomic E-state index is 0.659. The van der Waals surface area contributed by atoms with Crippen LogP contribution in [0.15, 0.2) is 0 Å². The van der Waals surface area contributed by atoms with E-state index in [1.165, 1.54) is 19.3 Å². The van der Waals surface area contributed by atoms with Gasteiger partial charge >= 0.3 is 0 Å². The first-order valence-corrected chi connectivity index (χ1v) is 8.02. The van der Waals surface area contributed by atoms with Gasteiger partial charge in [-0.2, -0.15) is 0 Å². The fourth-order valence-electron chi connectivity index (χ4n) is 3.72. The Morgan fingerprint density at radius 3 is 2.63 bits per heavy atom. The molecule has 0 amide bonds. The standard InChI is InChI=1S/C16H34N2O/c1-6-8-17-15-12-13(2)11-14(3)16(15)18(4)9-7-10-19-5/h13-17H,6-12H2,1-5H3. The van der Waals surface area contributed by atoms with Crippen LogP contribution in [0.4, 0.5) is 0 Å². The maximum absolute atomic E-state index is 5.17. The lowest BCUT2D eigenvalue weighted by Crippen LogP contribution is -2.55. The summed E-state index contributed by atoms with van der Waals surface area (Å²) in [6.45, 7) is 10.2. The van der Waals surface area contributed by atoms with Crippen molar-refractivity contribution in [3.63, 3.8) is 0 Å². The lowest BCUT2D eigenvalue weighted by Gasteiger charge is -2.45. The Balaban J connectivity index is 2.56. The zero-order valence-corrected chi connectivity index (χ0v) is 13.6. The molecule has 1 N–H and O–H groups in total. The zero-order valence-electron chi connectivity index (χ0n) is 13.6. The van der Waals surface area contributed by atoms with E-state index in [1.54, 1.807) is 7.11 Å². The van der Waals surface area contributed by atoms with Gasteiger partial charge in [0.2, 0.25) is 0 Å². The highest BCUT2D eigenvalue weighted by Crippen LogP contribution is 2.32. The summed E-state index contributed by atoms with van der Waals surface area (Å²) in [5, 5.41) is 3.78. The second-order valence-electron chi connectivity index (χ2n) is 6.43. The van der Waals surface area contributed by atoms with Crippen molar-refractivity contribution in [3.05, 3.63) is 0 Å². The van der Waals surface area contributed by atoms with E-state index in [2.05, 4.69) is 38.0 Å². The predicted octanol–water partition coefficient (Wildman–Crippen LogP) is 2.76. The van der Waals surface area contributed by atoms with E-state index in [1.807, 2.05) is 0 Å². The number of hydrogen-bond acceptors (Lipinski definition) is 3.